The molecule has 1 unspecified atom stereocenters. The molecule has 2 aromatic rings. The molecule has 1 N–H and O–H groups in total. The largest absolute Gasteiger partial charge is 0.488 e. The average molecular weight is 311 g/mol. The normalized spacial score (nSPS) is 20.2. The van der Waals surface area contributed by atoms with E-state index in [0.29, 0.717) is 5.92 Å². The quantitative estimate of drug-likeness (QED) is 0.833. The first-order valence-corrected chi connectivity index (χ1v) is 8.26. The summed E-state index contributed by atoms with van der Waals surface area (Å²) in [6, 6.07) is 18.3. The van der Waals surface area contributed by atoms with Gasteiger partial charge in [0.15, 0.2) is 0 Å². The Hall–Kier alpha value is -2.00. The minimum absolute atomic E-state index is 0.0319. The monoisotopic (exact) mass is 311 g/mol. The first kappa shape index (κ1) is 15.9. The molecule has 0 aromatic heterocycles. The third kappa shape index (κ3) is 4.05. The maximum absolute atomic E-state index is 6.09. The Morgan fingerprint density at radius 3 is 2.61 bits per heavy atom. The van der Waals surface area contributed by atoms with Crippen molar-refractivity contribution in [3.63, 3.8) is 0 Å². The number of hydrogen-bond donors (Lipinski definition) is 1. The summed E-state index contributed by atoms with van der Waals surface area (Å²) >= 11 is 0. The summed E-state index contributed by atoms with van der Waals surface area (Å²) in [6.07, 6.45) is 0.963. The average Bonchev–Trinajstić information content (AvgIpc) is 2.52. The van der Waals surface area contributed by atoms with Gasteiger partial charge in [-0.15, -0.1) is 0 Å². The molecule has 3 heteroatoms. The van der Waals surface area contributed by atoms with Gasteiger partial charge in [-0.2, -0.15) is 0 Å². The fourth-order valence-electron chi connectivity index (χ4n) is 3.19. The van der Waals surface area contributed by atoms with Crippen LogP contribution >= 0.6 is 0 Å². The van der Waals surface area contributed by atoms with Crippen LogP contribution in [-0.4, -0.2) is 18.4 Å². The Morgan fingerprint density at radius 1 is 1.13 bits per heavy atom. The zero-order valence-corrected chi connectivity index (χ0v) is 14.1. The molecule has 1 heterocycles. The van der Waals surface area contributed by atoms with Gasteiger partial charge in [0.2, 0.25) is 0 Å². The Balaban J connectivity index is 1.63. The maximum Gasteiger partial charge on any atom is 0.147 e. The van der Waals surface area contributed by atoms with Crippen LogP contribution < -0.4 is 14.8 Å². The maximum atomic E-state index is 6.09. The third-order valence-corrected chi connectivity index (χ3v) is 4.19. The van der Waals surface area contributed by atoms with Crippen molar-refractivity contribution in [2.75, 3.05) is 6.54 Å². The fourth-order valence-corrected chi connectivity index (χ4v) is 3.19. The molecule has 23 heavy (non-hydrogen) atoms. The predicted molar refractivity (Wildman–Crippen MR) is 93.0 cm³/mol. The Kier molecular flexibility index (Phi) is 4.58. The summed E-state index contributed by atoms with van der Waals surface area (Å²) in [7, 11) is 0. The Morgan fingerprint density at radius 2 is 1.83 bits per heavy atom. The minimum atomic E-state index is -0.135. The molecule has 0 bridgehead atoms. The van der Waals surface area contributed by atoms with Crippen LogP contribution in [0.3, 0.4) is 0 Å². The Labute approximate surface area is 138 Å². The van der Waals surface area contributed by atoms with E-state index < -0.39 is 0 Å². The molecule has 0 saturated heterocycles. The summed E-state index contributed by atoms with van der Waals surface area (Å²) in [4.78, 5) is 0. The molecule has 2 aromatic carbocycles. The first-order valence-electron chi connectivity index (χ1n) is 8.26. The molecule has 3 rings (SSSR count). The number of hydrogen-bond acceptors (Lipinski definition) is 3. The van der Waals surface area contributed by atoms with Gasteiger partial charge in [0.25, 0.3) is 0 Å². The minimum Gasteiger partial charge on any atom is -0.488 e. The number of fused-ring (bicyclic) bond motifs is 1. The van der Waals surface area contributed by atoms with Crippen molar-refractivity contribution in [2.45, 2.75) is 44.9 Å². The number of rotatable bonds is 5. The van der Waals surface area contributed by atoms with E-state index in [1.807, 2.05) is 43.3 Å². The van der Waals surface area contributed by atoms with E-state index >= 15 is 0 Å². The second-order valence-electron chi connectivity index (χ2n) is 6.78. The van der Waals surface area contributed by atoms with Crippen molar-refractivity contribution >= 4 is 0 Å². The molecule has 122 valence electrons. The van der Waals surface area contributed by atoms with E-state index in [-0.39, 0.29) is 11.8 Å². The molecule has 3 nitrogen and oxygen atoms in total. The van der Waals surface area contributed by atoms with Crippen LogP contribution in [0.5, 0.6) is 11.5 Å². The van der Waals surface area contributed by atoms with Crippen LogP contribution in [0.2, 0.25) is 0 Å². The lowest BCUT2D eigenvalue weighted by atomic mass is 9.84. The fraction of sp³-hybridized carbons (Fsp3) is 0.400. The molecule has 0 fully saturated rings. The van der Waals surface area contributed by atoms with Crippen molar-refractivity contribution in [3.8, 4) is 11.5 Å². The molecule has 0 radical (unpaired) electrons. The van der Waals surface area contributed by atoms with Gasteiger partial charge in [-0.25, -0.2) is 0 Å². The SMILES string of the molecule is CC(NC[C@@H]1CC(C)(C)Oc2ccccc21)Oc1ccccc1. The zero-order valence-electron chi connectivity index (χ0n) is 14.1. The summed E-state index contributed by atoms with van der Waals surface area (Å²) in [6.45, 7) is 7.22. The summed E-state index contributed by atoms with van der Waals surface area (Å²) in [5, 5.41) is 3.50. The second-order valence-corrected chi connectivity index (χ2v) is 6.78. The lowest BCUT2D eigenvalue weighted by Gasteiger charge is -2.38. The molecular formula is C20H25NO2. The second kappa shape index (κ2) is 6.63. The lowest BCUT2D eigenvalue weighted by Crippen LogP contribution is -2.41. The van der Waals surface area contributed by atoms with Crippen LogP contribution in [0.1, 0.15) is 38.7 Å². The predicted octanol–water partition coefficient (Wildman–Crippen LogP) is 4.35. The first-order chi connectivity index (χ1) is 11.0. The van der Waals surface area contributed by atoms with E-state index in [1.165, 1.54) is 5.56 Å². The van der Waals surface area contributed by atoms with E-state index in [1.54, 1.807) is 0 Å². The van der Waals surface area contributed by atoms with Crippen molar-refractivity contribution in [1.29, 1.82) is 0 Å². The van der Waals surface area contributed by atoms with Crippen molar-refractivity contribution in [3.05, 3.63) is 60.2 Å². The van der Waals surface area contributed by atoms with E-state index in [2.05, 4.69) is 37.4 Å². The zero-order chi connectivity index (χ0) is 16.3. The van der Waals surface area contributed by atoms with Gasteiger partial charge in [-0.05, 0) is 51.0 Å². The van der Waals surface area contributed by atoms with Crippen LogP contribution in [0.25, 0.3) is 0 Å². The standard InChI is InChI=1S/C20H25NO2/c1-15(22-17-9-5-4-6-10-17)21-14-16-13-20(2,3)23-19-12-8-7-11-18(16)19/h4-12,15-16,21H,13-14H2,1-3H3/t15?,16-/m0/s1. The highest BCUT2D eigenvalue weighted by Gasteiger charge is 2.33. The summed E-state index contributed by atoms with van der Waals surface area (Å²) in [5.41, 5.74) is 1.15. The molecule has 0 spiro atoms. The van der Waals surface area contributed by atoms with E-state index in [9.17, 15) is 0 Å². The molecule has 2 atom stereocenters. The van der Waals surface area contributed by atoms with E-state index in [0.717, 1.165) is 24.5 Å². The third-order valence-electron chi connectivity index (χ3n) is 4.19. The van der Waals surface area contributed by atoms with Crippen LogP contribution in [0.4, 0.5) is 0 Å². The van der Waals surface area contributed by atoms with Gasteiger partial charge in [0, 0.05) is 12.5 Å². The van der Waals surface area contributed by atoms with E-state index in [4.69, 9.17) is 9.47 Å². The van der Waals surface area contributed by atoms with Crippen molar-refractivity contribution in [1.82, 2.24) is 5.32 Å². The van der Waals surface area contributed by atoms with Crippen molar-refractivity contribution < 1.29 is 9.47 Å². The number of nitrogens with one attached hydrogen (secondary N) is 1. The number of ether oxygens (including phenoxy) is 2. The van der Waals surface area contributed by atoms with Gasteiger partial charge in [0.05, 0.1) is 0 Å². The van der Waals surface area contributed by atoms with Crippen LogP contribution in [0, 0.1) is 0 Å². The van der Waals surface area contributed by atoms with Crippen molar-refractivity contribution in [2.24, 2.45) is 0 Å². The van der Waals surface area contributed by atoms with Gasteiger partial charge in [-0.1, -0.05) is 36.4 Å². The molecule has 1 aliphatic rings. The molecule has 0 saturated carbocycles. The molecule has 1 aliphatic heterocycles. The van der Waals surface area contributed by atoms with Gasteiger partial charge in [-0.3, -0.25) is 5.32 Å². The van der Waals surface area contributed by atoms with Gasteiger partial charge in [0.1, 0.15) is 23.3 Å². The highest BCUT2D eigenvalue weighted by molar-refractivity contribution is 5.39. The Bertz CT molecular complexity index is 639. The van der Waals surface area contributed by atoms with Crippen LogP contribution in [0.15, 0.2) is 54.6 Å². The van der Waals surface area contributed by atoms with Crippen LogP contribution in [-0.2, 0) is 0 Å². The number of benzene rings is 2. The lowest BCUT2D eigenvalue weighted by molar-refractivity contribution is 0.0684. The number of para-hydroxylation sites is 2. The molecule has 0 aliphatic carbocycles. The van der Waals surface area contributed by atoms with Gasteiger partial charge < -0.3 is 9.47 Å². The highest BCUT2D eigenvalue weighted by Crippen LogP contribution is 2.40. The summed E-state index contributed by atoms with van der Waals surface area (Å²) in [5.74, 6) is 2.32. The molecule has 0 amide bonds. The topological polar surface area (TPSA) is 30.5 Å². The molecular weight excluding hydrogens is 286 g/mol. The summed E-state index contributed by atoms with van der Waals surface area (Å²) < 4.78 is 12.0. The highest BCUT2D eigenvalue weighted by atomic mass is 16.5. The smallest absolute Gasteiger partial charge is 0.147 e. The van der Waals surface area contributed by atoms with Gasteiger partial charge >= 0.3 is 0 Å².